The van der Waals surface area contributed by atoms with Crippen LogP contribution in [0.4, 0.5) is 5.82 Å². The van der Waals surface area contributed by atoms with E-state index in [1.54, 1.807) is 6.20 Å². The van der Waals surface area contributed by atoms with Crippen LogP contribution in [0.2, 0.25) is 5.02 Å². The Balaban J connectivity index is 0.00000256. The topological polar surface area (TPSA) is 65.4 Å². The number of guanidine groups is 1. The number of halogens is 2. The number of nitrogens with one attached hydrogen (secondary N) is 2. The van der Waals surface area contributed by atoms with Gasteiger partial charge in [-0.1, -0.05) is 11.6 Å². The third kappa shape index (κ3) is 5.97. The van der Waals surface area contributed by atoms with Gasteiger partial charge in [-0.2, -0.15) is 0 Å². The van der Waals surface area contributed by atoms with E-state index in [0.29, 0.717) is 11.1 Å². The van der Waals surface area contributed by atoms with Gasteiger partial charge in [-0.25, -0.2) is 9.97 Å². The van der Waals surface area contributed by atoms with Crippen LogP contribution in [0, 0.1) is 0 Å². The molecule has 0 saturated carbocycles. The highest BCUT2D eigenvalue weighted by molar-refractivity contribution is 14.0. The van der Waals surface area contributed by atoms with E-state index in [-0.39, 0.29) is 24.0 Å². The van der Waals surface area contributed by atoms with Crippen LogP contribution in [0.5, 0.6) is 0 Å². The molecule has 0 amide bonds. The molecule has 3 heterocycles. The Morgan fingerprint density at radius 1 is 1.37 bits per heavy atom. The molecule has 1 aliphatic heterocycles. The number of rotatable bonds is 6. The fourth-order valence-electron chi connectivity index (χ4n) is 4.03. The molecule has 0 spiro atoms. The van der Waals surface area contributed by atoms with Gasteiger partial charge in [0, 0.05) is 50.2 Å². The Morgan fingerprint density at radius 2 is 2.23 bits per heavy atom. The van der Waals surface area contributed by atoms with Crippen molar-refractivity contribution in [2.75, 3.05) is 31.6 Å². The van der Waals surface area contributed by atoms with Crippen molar-refractivity contribution < 1.29 is 0 Å². The lowest BCUT2D eigenvalue weighted by atomic mass is 10.0. The molecule has 1 fully saturated rings. The molecule has 1 atom stereocenters. The quantitative estimate of drug-likeness (QED) is 0.241. The van der Waals surface area contributed by atoms with Crippen molar-refractivity contribution in [2.45, 2.75) is 51.0 Å². The highest BCUT2D eigenvalue weighted by atomic mass is 127. The van der Waals surface area contributed by atoms with Gasteiger partial charge in [-0.15, -0.1) is 35.3 Å². The van der Waals surface area contributed by atoms with Crippen molar-refractivity contribution in [1.82, 2.24) is 20.6 Å². The molecule has 2 aromatic heterocycles. The minimum atomic E-state index is 0. The molecule has 1 saturated heterocycles. The highest BCUT2D eigenvalue weighted by Crippen LogP contribution is 2.27. The average molecular weight is 561 g/mol. The molecule has 0 aromatic carbocycles. The van der Waals surface area contributed by atoms with Gasteiger partial charge in [0.2, 0.25) is 0 Å². The van der Waals surface area contributed by atoms with E-state index in [9.17, 15) is 0 Å². The van der Waals surface area contributed by atoms with Gasteiger partial charge in [0.25, 0.3) is 0 Å². The lowest BCUT2D eigenvalue weighted by Gasteiger charge is -2.20. The zero-order valence-electron chi connectivity index (χ0n) is 17.4. The fraction of sp³-hybridized carbons (Fsp3) is 0.571. The molecule has 9 heteroatoms. The summed E-state index contributed by atoms with van der Waals surface area (Å²) in [6.45, 7) is 2.72. The molecule has 4 rings (SSSR count). The molecule has 0 radical (unpaired) electrons. The second-order valence-electron chi connectivity index (χ2n) is 7.67. The lowest BCUT2D eigenvalue weighted by Crippen LogP contribution is -2.45. The van der Waals surface area contributed by atoms with Crippen molar-refractivity contribution in [2.24, 2.45) is 4.99 Å². The average Bonchev–Trinajstić information content (AvgIpc) is 3.37. The van der Waals surface area contributed by atoms with E-state index in [1.165, 1.54) is 41.3 Å². The monoisotopic (exact) mass is 560 g/mol. The van der Waals surface area contributed by atoms with Crippen LogP contribution in [0.15, 0.2) is 23.3 Å². The van der Waals surface area contributed by atoms with Crippen LogP contribution in [0.3, 0.4) is 0 Å². The molecule has 1 aliphatic carbocycles. The summed E-state index contributed by atoms with van der Waals surface area (Å²) < 4.78 is 0. The maximum atomic E-state index is 6.29. The molecular weight excluding hydrogens is 531 g/mol. The molecule has 6 nitrogen and oxygen atoms in total. The Labute approximate surface area is 205 Å². The van der Waals surface area contributed by atoms with Crippen LogP contribution in [-0.4, -0.2) is 48.7 Å². The number of anilines is 1. The molecule has 0 bridgehead atoms. The largest absolute Gasteiger partial charge is 0.356 e. The number of fused-ring (bicyclic) bond motifs is 1. The summed E-state index contributed by atoms with van der Waals surface area (Å²) in [7, 11) is 1.83. The van der Waals surface area contributed by atoms with Crippen LogP contribution in [0.1, 0.15) is 41.3 Å². The minimum Gasteiger partial charge on any atom is -0.356 e. The molecule has 164 valence electrons. The third-order valence-electron chi connectivity index (χ3n) is 5.54. The predicted molar refractivity (Wildman–Crippen MR) is 137 cm³/mol. The van der Waals surface area contributed by atoms with E-state index in [0.717, 1.165) is 50.7 Å². The van der Waals surface area contributed by atoms with Gasteiger partial charge in [0.15, 0.2) is 5.96 Å². The normalized spacial score (nSPS) is 18.7. The maximum absolute atomic E-state index is 6.29. The van der Waals surface area contributed by atoms with E-state index in [2.05, 4.69) is 25.5 Å². The summed E-state index contributed by atoms with van der Waals surface area (Å²) in [5, 5.41) is 8.99. The molecule has 2 aromatic rings. The van der Waals surface area contributed by atoms with Crippen LogP contribution in [-0.2, 0) is 19.3 Å². The first-order valence-corrected chi connectivity index (χ1v) is 11.7. The van der Waals surface area contributed by atoms with E-state index in [1.807, 2.05) is 30.5 Å². The van der Waals surface area contributed by atoms with Crippen LogP contribution in [0.25, 0.3) is 0 Å². The first-order chi connectivity index (χ1) is 14.2. The SMILES string of the molecule is CN=C(NCCCc1nc2c(s1)CCCC2)NC1CCN(c2ncccc2Cl)C1.I. The van der Waals surface area contributed by atoms with Gasteiger partial charge >= 0.3 is 0 Å². The Bertz CT molecular complexity index is 834. The van der Waals surface area contributed by atoms with Crippen molar-refractivity contribution >= 4 is 58.7 Å². The first kappa shape index (κ1) is 23.5. The Morgan fingerprint density at radius 3 is 3.03 bits per heavy atom. The van der Waals surface area contributed by atoms with E-state index in [4.69, 9.17) is 16.6 Å². The minimum absolute atomic E-state index is 0. The number of nitrogens with zero attached hydrogens (tertiary/aromatic N) is 4. The molecule has 30 heavy (non-hydrogen) atoms. The summed E-state index contributed by atoms with van der Waals surface area (Å²) in [5.41, 5.74) is 1.36. The van der Waals surface area contributed by atoms with Gasteiger partial charge in [0.1, 0.15) is 5.82 Å². The second kappa shape index (κ2) is 11.5. The standard InChI is InChI=1S/C21H29ClN6S.HI/c1-23-21(25-12-5-9-19-27-17-7-2-3-8-18(17)29-19)26-15-10-13-28(14-15)20-16(22)6-4-11-24-20;/h4,6,11,15H,2-3,5,7-10,12-14H2,1H3,(H2,23,25,26);1H. The molecular formula is C21H30ClIN6S. The molecule has 2 aliphatic rings. The number of hydrogen-bond acceptors (Lipinski definition) is 5. The van der Waals surface area contributed by atoms with Gasteiger partial charge in [-0.3, -0.25) is 4.99 Å². The van der Waals surface area contributed by atoms with E-state index < -0.39 is 0 Å². The first-order valence-electron chi connectivity index (χ1n) is 10.5. The number of aliphatic imine (C=N–C) groups is 1. The molecule has 2 N–H and O–H groups in total. The van der Waals surface area contributed by atoms with E-state index >= 15 is 0 Å². The fourth-order valence-corrected chi connectivity index (χ4v) is 5.47. The zero-order chi connectivity index (χ0) is 20.1. The summed E-state index contributed by atoms with van der Waals surface area (Å²) in [6, 6.07) is 4.10. The smallest absolute Gasteiger partial charge is 0.191 e. The van der Waals surface area contributed by atoms with Crippen molar-refractivity contribution in [3.63, 3.8) is 0 Å². The number of hydrogen-bond donors (Lipinski definition) is 2. The number of thiazole rings is 1. The van der Waals surface area contributed by atoms with Crippen molar-refractivity contribution in [3.8, 4) is 0 Å². The van der Waals surface area contributed by atoms with Crippen LogP contribution >= 0.6 is 46.9 Å². The van der Waals surface area contributed by atoms with Gasteiger partial charge in [-0.05, 0) is 50.7 Å². The van der Waals surface area contributed by atoms with Gasteiger partial charge in [0.05, 0.1) is 15.7 Å². The zero-order valence-corrected chi connectivity index (χ0v) is 21.3. The van der Waals surface area contributed by atoms with Gasteiger partial charge < -0.3 is 15.5 Å². The summed E-state index contributed by atoms with van der Waals surface area (Å²) in [5.74, 6) is 1.73. The summed E-state index contributed by atoms with van der Waals surface area (Å²) >= 11 is 8.21. The Kier molecular flexibility index (Phi) is 9.00. The highest BCUT2D eigenvalue weighted by Gasteiger charge is 2.25. The maximum Gasteiger partial charge on any atom is 0.191 e. The summed E-state index contributed by atoms with van der Waals surface area (Å²) in [4.78, 5) is 17.4. The lowest BCUT2D eigenvalue weighted by molar-refractivity contribution is 0.642. The second-order valence-corrected chi connectivity index (χ2v) is 9.25. The third-order valence-corrected chi connectivity index (χ3v) is 7.05. The summed E-state index contributed by atoms with van der Waals surface area (Å²) in [6.07, 6.45) is 9.95. The van der Waals surface area contributed by atoms with Crippen molar-refractivity contribution in [3.05, 3.63) is 38.9 Å². The number of aromatic nitrogens is 2. The molecule has 1 unspecified atom stereocenters. The number of pyridine rings is 1. The Hall–Kier alpha value is -1.13. The predicted octanol–water partition coefficient (Wildman–Crippen LogP) is 4.06. The van der Waals surface area contributed by atoms with Crippen LogP contribution < -0.4 is 15.5 Å². The van der Waals surface area contributed by atoms with Crippen molar-refractivity contribution in [1.29, 1.82) is 0 Å². The number of aryl methyl sites for hydroxylation is 3.